The molecule has 0 aromatic heterocycles. The van der Waals surface area contributed by atoms with E-state index in [2.05, 4.69) is 31.4 Å². The van der Waals surface area contributed by atoms with Crippen LogP contribution in [0.1, 0.15) is 53.9 Å². The zero-order chi connectivity index (χ0) is 13.1. The Balaban J connectivity index is 2.47. The zero-order valence-corrected chi connectivity index (χ0v) is 12.0. The van der Waals surface area contributed by atoms with Crippen LogP contribution in [0.5, 0.6) is 0 Å². The van der Waals surface area contributed by atoms with Crippen molar-refractivity contribution in [3.63, 3.8) is 0 Å². The summed E-state index contributed by atoms with van der Waals surface area (Å²) in [5, 5.41) is 6.62. The molecule has 2 N–H and O–H groups in total. The summed E-state index contributed by atoms with van der Waals surface area (Å²) in [6, 6.07) is 0.396. The molecule has 3 nitrogen and oxygen atoms in total. The van der Waals surface area contributed by atoms with Gasteiger partial charge in [0.2, 0.25) is 5.91 Å². The number of nitrogens with one attached hydrogen (secondary N) is 2. The normalized spacial score (nSPS) is 24.4. The van der Waals surface area contributed by atoms with Gasteiger partial charge in [0.05, 0.1) is 0 Å². The molecule has 0 radical (unpaired) electrons. The largest absolute Gasteiger partial charge is 0.354 e. The maximum absolute atomic E-state index is 12.0. The average Bonchev–Trinajstić information content (AvgIpc) is 2.26. The number of hydrogen-bond donors (Lipinski definition) is 2. The fraction of sp³-hybridized carbons (Fsp3) is 0.929. The van der Waals surface area contributed by atoms with E-state index in [1.165, 1.54) is 12.8 Å². The second kappa shape index (κ2) is 5.38. The van der Waals surface area contributed by atoms with Crippen LogP contribution >= 0.6 is 0 Å². The second-order valence-corrected chi connectivity index (χ2v) is 6.55. The third-order valence-corrected chi connectivity index (χ3v) is 4.30. The van der Waals surface area contributed by atoms with E-state index in [0.717, 1.165) is 19.5 Å². The molecule has 0 aromatic carbocycles. The van der Waals surface area contributed by atoms with Gasteiger partial charge in [-0.1, -0.05) is 34.6 Å². The van der Waals surface area contributed by atoms with Crippen molar-refractivity contribution >= 4 is 5.91 Å². The maximum Gasteiger partial charge on any atom is 0.225 e. The molecule has 1 aliphatic rings. The number of hydrogen-bond acceptors (Lipinski definition) is 2. The van der Waals surface area contributed by atoms with E-state index < -0.39 is 0 Å². The van der Waals surface area contributed by atoms with Gasteiger partial charge in [0, 0.05) is 18.0 Å². The molecule has 100 valence electrons. The molecule has 1 atom stereocenters. The summed E-state index contributed by atoms with van der Waals surface area (Å²) >= 11 is 0. The second-order valence-electron chi connectivity index (χ2n) is 6.55. The first kappa shape index (κ1) is 14.5. The van der Waals surface area contributed by atoms with Crippen molar-refractivity contribution in [1.29, 1.82) is 0 Å². The van der Waals surface area contributed by atoms with Crippen LogP contribution < -0.4 is 10.6 Å². The molecular formula is C14H28N2O. The van der Waals surface area contributed by atoms with E-state index in [0.29, 0.717) is 6.04 Å². The smallest absolute Gasteiger partial charge is 0.225 e. The summed E-state index contributed by atoms with van der Waals surface area (Å²) < 4.78 is 0. The van der Waals surface area contributed by atoms with Crippen LogP contribution in [0.15, 0.2) is 0 Å². The minimum absolute atomic E-state index is 0.170. The van der Waals surface area contributed by atoms with Crippen LogP contribution in [-0.4, -0.2) is 25.0 Å². The van der Waals surface area contributed by atoms with Crippen molar-refractivity contribution in [2.24, 2.45) is 10.8 Å². The zero-order valence-electron chi connectivity index (χ0n) is 12.0. The monoisotopic (exact) mass is 240 g/mol. The van der Waals surface area contributed by atoms with Crippen molar-refractivity contribution in [3.05, 3.63) is 0 Å². The Morgan fingerprint density at radius 1 is 1.47 bits per heavy atom. The summed E-state index contributed by atoms with van der Waals surface area (Å²) in [6.07, 6.45) is 3.34. The lowest BCUT2D eigenvalue weighted by molar-refractivity contribution is -0.129. The molecule has 0 aromatic rings. The Labute approximate surface area is 106 Å². The summed E-state index contributed by atoms with van der Waals surface area (Å²) in [4.78, 5) is 12.0. The van der Waals surface area contributed by atoms with Crippen LogP contribution in [0.3, 0.4) is 0 Å². The quantitative estimate of drug-likeness (QED) is 0.792. The van der Waals surface area contributed by atoms with Gasteiger partial charge in [0.25, 0.3) is 0 Å². The molecule has 1 saturated heterocycles. The fourth-order valence-electron chi connectivity index (χ4n) is 2.21. The molecule has 1 heterocycles. The van der Waals surface area contributed by atoms with Gasteiger partial charge in [-0.3, -0.25) is 4.79 Å². The molecule has 17 heavy (non-hydrogen) atoms. The highest BCUT2D eigenvalue weighted by atomic mass is 16.2. The summed E-state index contributed by atoms with van der Waals surface area (Å²) in [6.45, 7) is 12.4. The molecule has 1 aliphatic heterocycles. The van der Waals surface area contributed by atoms with Gasteiger partial charge in [0.15, 0.2) is 0 Å². The van der Waals surface area contributed by atoms with E-state index in [4.69, 9.17) is 0 Å². The van der Waals surface area contributed by atoms with Crippen LogP contribution in [0.4, 0.5) is 0 Å². The van der Waals surface area contributed by atoms with Gasteiger partial charge in [0.1, 0.15) is 0 Å². The molecule has 1 rings (SSSR count). The average molecular weight is 240 g/mol. The lowest BCUT2D eigenvalue weighted by Gasteiger charge is -2.40. The lowest BCUT2D eigenvalue weighted by atomic mass is 9.77. The molecule has 1 amide bonds. The Hall–Kier alpha value is -0.570. The molecule has 1 fully saturated rings. The van der Waals surface area contributed by atoms with Gasteiger partial charge >= 0.3 is 0 Å². The van der Waals surface area contributed by atoms with Crippen molar-refractivity contribution in [2.45, 2.75) is 59.9 Å². The highest BCUT2D eigenvalue weighted by Crippen LogP contribution is 2.29. The number of carbonyl (C=O) groups is 1. The van der Waals surface area contributed by atoms with Crippen LogP contribution in [-0.2, 0) is 4.79 Å². The summed E-state index contributed by atoms with van der Waals surface area (Å²) in [7, 11) is 0. The van der Waals surface area contributed by atoms with Crippen LogP contribution in [0, 0.1) is 10.8 Å². The Morgan fingerprint density at radius 3 is 2.65 bits per heavy atom. The molecule has 0 aliphatic carbocycles. The maximum atomic E-state index is 12.0. The summed E-state index contributed by atoms with van der Waals surface area (Å²) in [5.74, 6) is 0.170. The number of rotatable bonds is 4. The predicted molar refractivity (Wildman–Crippen MR) is 71.9 cm³/mol. The van der Waals surface area contributed by atoms with Crippen LogP contribution in [0.2, 0.25) is 0 Å². The Kier molecular flexibility index (Phi) is 4.59. The van der Waals surface area contributed by atoms with Gasteiger partial charge < -0.3 is 10.6 Å². The van der Waals surface area contributed by atoms with Crippen molar-refractivity contribution in [1.82, 2.24) is 10.6 Å². The highest BCUT2D eigenvalue weighted by molar-refractivity contribution is 5.81. The minimum Gasteiger partial charge on any atom is -0.354 e. The molecule has 0 spiro atoms. The first-order valence-electron chi connectivity index (χ1n) is 6.81. The first-order valence-corrected chi connectivity index (χ1v) is 6.81. The van der Waals surface area contributed by atoms with E-state index >= 15 is 0 Å². The summed E-state index contributed by atoms with van der Waals surface area (Å²) in [5.41, 5.74) is 0.0285. The first-order chi connectivity index (χ1) is 7.79. The van der Waals surface area contributed by atoms with Crippen LogP contribution in [0.25, 0.3) is 0 Å². The lowest BCUT2D eigenvalue weighted by Crippen LogP contribution is -2.54. The molecule has 0 saturated carbocycles. The molecular weight excluding hydrogens is 212 g/mol. The van der Waals surface area contributed by atoms with E-state index in [1.807, 2.05) is 13.8 Å². The third kappa shape index (κ3) is 3.70. The molecule has 3 heteroatoms. The van der Waals surface area contributed by atoms with Crippen molar-refractivity contribution < 1.29 is 4.79 Å². The third-order valence-electron chi connectivity index (χ3n) is 4.30. The minimum atomic E-state index is -0.251. The van der Waals surface area contributed by atoms with Gasteiger partial charge in [-0.25, -0.2) is 0 Å². The SMILES string of the molecule is CCC(C)(C)C(=O)NCC1NCCCC1(C)C. The van der Waals surface area contributed by atoms with Gasteiger partial charge in [-0.05, 0) is 31.2 Å². The standard InChI is InChI=1S/C14H28N2O/c1-6-13(2,3)12(17)16-10-11-14(4,5)8-7-9-15-11/h11,15H,6-10H2,1-5H3,(H,16,17). The Morgan fingerprint density at radius 2 is 2.12 bits per heavy atom. The van der Waals surface area contributed by atoms with Gasteiger partial charge in [-0.15, -0.1) is 0 Å². The number of amides is 1. The Bertz CT molecular complexity index is 271. The highest BCUT2D eigenvalue weighted by Gasteiger charge is 2.33. The fourth-order valence-corrected chi connectivity index (χ4v) is 2.21. The molecule has 1 unspecified atom stereocenters. The number of piperidine rings is 1. The topological polar surface area (TPSA) is 41.1 Å². The number of carbonyl (C=O) groups excluding carboxylic acids is 1. The predicted octanol–water partition coefficient (Wildman–Crippen LogP) is 2.32. The molecule has 0 bridgehead atoms. The van der Waals surface area contributed by atoms with E-state index in [9.17, 15) is 4.79 Å². The van der Waals surface area contributed by atoms with E-state index in [-0.39, 0.29) is 16.7 Å². The van der Waals surface area contributed by atoms with E-state index in [1.54, 1.807) is 0 Å². The van der Waals surface area contributed by atoms with Crippen molar-refractivity contribution in [3.8, 4) is 0 Å². The van der Waals surface area contributed by atoms with Gasteiger partial charge in [-0.2, -0.15) is 0 Å². The van der Waals surface area contributed by atoms with Crippen molar-refractivity contribution in [2.75, 3.05) is 13.1 Å².